The van der Waals surface area contributed by atoms with Crippen LogP contribution in [0.4, 0.5) is 5.69 Å². The predicted molar refractivity (Wildman–Crippen MR) is 72.1 cm³/mol. The fourth-order valence-corrected chi connectivity index (χ4v) is 3.00. The van der Waals surface area contributed by atoms with Gasteiger partial charge < -0.3 is 15.1 Å². The Morgan fingerprint density at radius 2 is 1.95 bits per heavy atom. The summed E-state index contributed by atoms with van der Waals surface area (Å²) in [7, 11) is -2.19. The number of β-amino-alcohol motifs (C(OH)–C–C–N with tert-alkyl or cyclic N) is 1. The van der Waals surface area contributed by atoms with Gasteiger partial charge in [-0.3, -0.25) is 0 Å². The van der Waals surface area contributed by atoms with Crippen molar-refractivity contribution in [1.29, 1.82) is 0 Å². The molecular formula is C12H16N2O5S. The summed E-state index contributed by atoms with van der Waals surface area (Å²) in [6.45, 7) is 0.217. The minimum Gasteiger partial charge on any atom is -0.480 e. The van der Waals surface area contributed by atoms with Gasteiger partial charge in [0.2, 0.25) is 10.0 Å². The summed E-state index contributed by atoms with van der Waals surface area (Å²) in [6.07, 6.45) is -0.539. The van der Waals surface area contributed by atoms with Gasteiger partial charge in [-0.05, 0) is 31.3 Å². The molecule has 110 valence electrons. The highest BCUT2D eigenvalue weighted by Gasteiger charge is 2.36. The van der Waals surface area contributed by atoms with E-state index in [2.05, 4.69) is 4.72 Å². The van der Waals surface area contributed by atoms with E-state index in [-0.39, 0.29) is 17.9 Å². The van der Waals surface area contributed by atoms with Crippen molar-refractivity contribution in [2.45, 2.75) is 23.5 Å². The van der Waals surface area contributed by atoms with Crippen LogP contribution in [0.5, 0.6) is 0 Å². The SMILES string of the molecule is CNS(=O)(=O)c1ccc(N2CC(O)CC2C(=O)O)cc1. The number of hydrogen-bond acceptors (Lipinski definition) is 5. The Labute approximate surface area is 116 Å². The Morgan fingerprint density at radius 1 is 1.35 bits per heavy atom. The number of carboxylic acids is 1. The third-order valence-corrected chi connectivity index (χ3v) is 4.74. The molecule has 0 aromatic heterocycles. The van der Waals surface area contributed by atoms with Crippen LogP contribution in [0, 0.1) is 0 Å². The van der Waals surface area contributed by atoms with Gasteiger partial charge in [-0.15, -0.1) is 0 Å². The zero-order valence-corrected chi connectivity index (χ0v) is 11.7. The Kier molecular flexibility index (Phi) is 3.98. The molecule has 7 nitrogen and oxygen atoms in total. The third kappa shape index (κ3) is 2.77. The zero-order chi connectivity index (χ0) is 14.9. The van der Waals surface area contributed by atoms with Crippen molar-refractivity contribution in [2.24, 2.45) is 0 Å². The fourth-order valence-electron chi connectivity index (χ4n) is 2.27. The predicted octanol–water partition coefficient (Wildman–Crippen LogP) is -0.381. The number of anilines is 1. The molecule has 1 aliphatic rings. The van der Waals surface area contributed by atoms with Crippen LogP contribution in [0.2, 0.25) is 0 Å². The molecule has 1 fully saturated rings. The molecule has 0 spiro atoms. The maximum atomic E-state index is 11.6. The summed E-state index contributed by atoms with van der Waals surface area (Å²) in [6, 6.07) is 5.10. The molecule has 2 rings (SSSR count). The maximum Gasteiger partial charge on any atom is 0.326 e. The normalized spacial score (nSPS) is 23.0. The van der Waals surface area contributed by atoms with Crippen LogP contribution in [-0.2, 0) is 14.8 Å². The van der Waals surface area contributed by atoms with Gasteiger partial charge in [-0.25, -0.2) is 17.9 Å². The number of carbonyl (C=O) groups is 1. The number of nitrogens with zero attached hydrogens (tertiary/aromatic N) is 1. The van der Waals surface area contributed by atoms with E-state index in [1.165, 1.54) is 31.3 Å². The summed E-state index contributed by atoms with van der Waals surface area (Å²) in [4.78, 5) is 12.8. The quantitative estimate of drug-likeness (QED) is 0.699. The summed E-state index contributed by atoms with van der Waals surface area (Å²) in [5.74, 6) is -1.01. The highest BCUT2D eigenvalue weighted by atomic mass is 32.2. The average molecular weight is 300 g/mol. The lowest BCUT2D eigenvalue weighted by Crippen LogP contribution is -2.36. The maximum absolute atomic E-state index is 11.6. The number of carboxylic acid groups (broad SMARTS) is 1. The number of aliphatic hydroxyl groups is 1. The minimum atomic E-state index is -3.51. The Hall–Kier alpha value is -1.64. The van der Waals surface area contributed by atoms with Gasteiger partial charge in [0.1, 0.15) is 6.04 Å². The van der Waals surface area contributed by atoms with Crippen LogP contribution in [-0.4, -0.2) is 50.3 Å². The number of aliphatic carboxylic acids is 1. The van der Waals surface area contributed by atoms with Gasteiger partial charge in [-0.1, -0.05) is 0 Å². The molecule has 20 heavy (non-hydrogen) atoms. The van der Waals surface area contributed by atoms with Crippen LogP contribution < -0.4 is 9.62 Å². The van der Waals surface area contributed by atoms with Crippen LogP contribution in [0.15, 0.2) is 29.2 Å². The Balaban J connectivity index is 2.28. The first-order chi connectivity index (χ1) is 9.35. The highest BCUT2D eigenvalue weighted by molar-refractivity contribution is 7.89. The van der Waals surface area contributed by atoms with E-state index in [0.717, 1.165) is 0 Å². The molecule has 0 radical (unpaired) electrons. The molecule has 1 aliphatic heterocycles. The molecular weight excluding hydrogens is 284 g/mol. The van der Waals surface area contributed by atoms with Crippen molar-refractivity contribution in [2.75, 3.05) is 18.5 Å². The number of nitrogens with one attached hydrogen (secondary N) is 1. The van der Waals surface area contributed by atoms with Crippen molar-refractivity contribution in [3.63, 3.8) is 0 Å². The summed E-state index contributed by atoms with van der Waals surface area (Å²) in [5, 5.41) is 18.7. The standard InChI is InChI=1S/C12H16N2O5S/c1-13-20(18,19)10-4-2-8(3-5-10)14-7-9(15)6-11(14)12(16)17/h2-5,9,11,13,15H,6-7H2,1H3,(H,16,17). The second kappa shape index (κ2) is 5.39. The average Bonchev–Trinajstić information content (AvgIpc) is 2.81. The number of benzene rings is 1. The molecule has 2 unspecified atom stereocenters. The minimum absolute atomic E-state index is 0.107. The van der Waals surface area contributed by atoms with Crippen LogP contribution in [0.3, 0.4) is 0 Å². The molecule has 0 aliphatic carbocycles. The van der Waals surface area contributed by atoms with E-state index >= 15 is 0 Å². The lowest BCUT2D eigenvalue weighted by Gasteiger charge is -2.23. The van der Waals surface area contributed by atoms with Crippen molar-refractivity contribution in [3.05, 3.63) is 24.3 Å². The molecule has 1 aromatic carbocycles. The van der Waals surface area contributed by atoms with Gasteiger partial charge in [-0.2, -0.15) is 0 Å². The first-order valence-electron chi connectivity index (χ1n) is 6.06. The lowest BCUT2D eigenvalue weighted by atomic mass is 10.2. The van der Waals surface area contributed by atoms with Crippen molar-refractivity contribution in [3.8, 4) is 0 Å². The van der Waals surface area contributed by atoms with E-state index in [4.69, 9.17) is 5.11 Å². The summed E-state index contributed by atoms with van der Waals surface area (Å²) < 4.78 is 25.4. The number of hydrogen-bond donors (Lipinski definition) is 3. The van der Waals surface area contributed by atoms with E-state index in [1.807, 2.05) is 0 Å². The molecule has 0 bridgehead atoms. The largest absolute Gasteiger partial charge is 0.480 e. The van der Waals surface area contributed by atoms with Crippen LogP contribution in [0.25, 0.3) is 0 Å². The molecule has 2 atom stereocenters. The summed E-state index contributed by atoms with van der Waals surface area (Å²) in [5.41, 5.74) is 0.573. The molecule has 8 heteroatoms. The molecule has 0 saturated carbocycles. The van der Waals surface area contributed by atoms with Gasteiger partial charge in [0, 0.05) is 18.7 Å². The van der Waals surface area contributed by atoms with Crippen molar-refractivity contribution in [1.82, 2.24) is 4.72 Å². The van der Waals surface area contributed by atoms with Gasteiger partial charge in [0.05, 0.1) is 11.0 Å². The van der Waals surface area contributed by atoms with Crippen molar-refractivity contribution < 1.29 is 23.4 Å². The molecule has 1 heterocycles. The topological polar surface area (TPSA) is 107 Å². The van der Waals surface area contributed by atoms with E-state index in [0.29, 0.717) is 5.69 Å². The molecule has 1 saturated heterocycles. The van der Waals surface area contributed by atoms with Crippen molar-refractivity contribution >= 4 is 21.7 Å². The Bertz CT molecular complexity index is 599. The number of aliphatic hydroxyl groups excluding tert-OH is 1. The van der Waals surface area contributed by atoms with Crippen LogP contribution >= 0.6 is 0 Å². The lowest BCUT2D eigenvalue weighted by molar-refractivity contribution is -0.138. The highest BCUT2D eigenvalue weighted by Crippen LogP contribution is 2.27. The zero-order valence-electron chi connectivity index (χ0n) is 10.9. The van der Waals surface area contributed by atoms with Gasteiger partial charge >= 0.3 is 5.97 Å². The first-order valence-corrected chi connectivity index (χ1v) is 7.54. The van der Waals surface area contributed by atoms with E-state index in [1.54, 1.807) is 4.90 Å². The number of rotatable bonds is 4. The second-order valence-corrected chi connectivity index (χ2v) is 6.48. The second-order valence-electron chi connectivity index (χ2n) is 4.60. The molecule has 0 amide bonds. The van der Waals surface area contributed by atoms with Gasteiger partial charge in [0.25, 0.3) is 0 Å². The first kappa shape index (κ1) is 14.8. The van der Waals surface area contributed by atoms with E-state index in [9.17, 15) is 18.3 Å². The Morgan fingerprint density at radius 3 is 2.45 bits per heavy atom. The third-order valence-electron chi connectivity index (χ3n) is 3.31. The fraction of sp³-hybridized carbons (Fsp3) is 0.417. The molecule has 3 N–H and O–H groups in total. The van der Waals surface area contributed by atoms with Crippen LogP contribution in [0.1, 0.15) is 6.42 Å². The molecule has 1 aromatic rings. The van der Waals surface area contributed by atoms with E-state index < -0.39 is 28.1 Å². The monoisotopic (exact) mass is 300 g/mol. The summed E-state index contributed by atoms with van der Waals surface area (Å²) >= 11 is 0. The number of sulfonamides is 1. The smallest absolute Gasteiger partial charge is 0.326 e. The van der Waals surface area contributed by atoms with Gasteiger partial charge in [0.15, 0.2) is 0 Å².